The second-order valence-electron chi connectivity index (χ2n) is 7.67. The zero-order chi connectivity index (χ0) is 22.3. The SMILES string of the molecule is CCOc1ccc(C(=O)N2CCCN(c3cc(-c4ccccc4)[nH]n3)CC2)cc1OCC. The first-order valence-corrected chi connectivity index (χ1v) is 11.2. The van der Waals surface area contributed by atoms with Gasteiger partial charge in [0.05, 0.1) is 18.9 Å². The molecule has 1 saturated heterocycles. The molecular formula is C25H30N4O3. The van der Waals surface area contributed by atoms with Crippen molar-refractivity contribution in [2.24, 2.45) is 0 Å². The maximum atomic E-state index is 13.2. The summed E-state index contributed by atoms with van der Waals surface area (Å²) >= 11 is 0. The Labute approximate surface area is 188 Å². The van der Waals surface area contributed by atoms with Crippen molar-refractivity contribution in [3.8, 4) is 22.8 Å². The normalized spacial score (nSPS) is 14.2. The molecule has 2 heterocycles. The molecule has 0 bridgehead atoms. The van der Waals surface area contributed by atoms with Gasteiger partial charge in [0.15, 0.2) is 17.3 Å². The number of anilines is 1. The molecule has 1 aliphatic rings. The second kappa shape index (κ2) is 10.2. The Balaban J connectivity index is 1.44. The number of nitrogens with zero attached hydrogens (tertiary/aromatic N) is 3. The summed E-state index contributed by atoms with van der Waals surface area (Å²) in [7, 11) is 0. The Morgan fingerprint density at radius 2 is 1.72 bits per heavy atom. The summed E-state index contributed by atoms with van der Waals surface area (Å²) in [5, 5.41) is 7.65. The van der Waals surface area contributed by atoms with Gasteiger partial charge in [0.1, 0.15) is 0 Å². The lowest BCUT2D eigenvalue weighted by molar-refractivity contribution is 0.0766. The van der Waals surface area contributed by atoms with Crippen LogP contribution in [-0.2, 0) is 0 Å². The maximum Gasteiger partial charge on any atom is 0.254 e. The van der Waals surface area contributed by atoms with Crippen LogP contribution in [0.2, 0.25) is 0 Å². The fraction of sp³-hybridized carbons (Fsp3) is 0.360. The third kappa shape index (κ3) is 4.88. The van der Waals surface area contributed by atoms with Crippen molar-refractivity contribution >= 4 is 11.7 Å². The molecule has 0 atom stereocenters. The topological polar surface area (TPSA) is 70.7 Å². The van der Waals surface area contributed by atoms with Crippen LogP contribution in [0, 0.1) is 0 Å². The summed E-state index contributed by atoms with van der Waals surface area (Å²) < 4.78 is 11.3. The first-order chi connectivity index (χ1) is 15.7. The minimum atomic E-state index is 0.0165. The number of H-pyrrole nitrogens is 1. The van der Waals surface area contributed by atoms with E-state index in [-0.39, 0.29) is 5.91 Å². The number of carbonyl (C=O) groups is 1. The van der Waals surface area contributed by atoms with Crippen LogP contribution < -0.4 is 14.4 Å². The third-order valence-electron chi connectivity index (χ3n) is 5.55. The van der Waals surface area contributed by atoms with Crippen molar-refractivity contribution in [3.05, 3.63) is 60.2 Å². The van der Waals surface area contributed by atoms with Crippen LogP contribution in [0.15, 0.2) is 54.6 Å². The number of rotatable bonds is 7. The molecule has 7 heteroatoms. The molecular weight excluding hydrogens is 404 g/mol. The van der Waals surface area contributed by atoms with Gasteiger partial charge < -0.3 is 19.3 Å². The highest BCUT2D eigenvalue weighted by Crippen LogP contribution is 2.29. The van der Waals surface area contributed by atoms with Crippen LogP contribution in [0.1, 0.15) is 30.6 Å². The van der Waals surface area contributed by atoms with E-state index in [9.17, 15) is 4.79 Å². The van der Waals surface area contributed by atoms with Gasteiger partial charge in [-0.05, 0) is 44.0 Å². The molecule has 4 rings (SSSR count). The van der Waals surface area contributed by atoms with Crippen LogP contribution >= 0.6 is 0 Å². The van der Waals surface area contributed by atoms with E-state index in [1.54, 1.807) is 6.07 Å². The van der Waals surface area contributed by atoms with Gasteiger partial charge in [-0.3, -0.25) is 9.89 Å². The lowest BCUT2D eigenvalue weighted by Gasteiger charge is -2.22. The van der Waals surface area contributed by atoms with Gasteiger partial charge in [0.2, 0.25) is 0 Å². The second-order valence-corrected chi connectivity index (χ2v) is 7.67. The Morgan fingerprint density at radius 3 is 2.50 bits per heavy atom. The van der Waals surface area contributed by atoms with Crippen LogP contribution in [0.4, 0.5) is 5.82 Å². The van der Waals surface area contributed by atoms with Gasteiger partial charge in [-0.15, -0.1) is 0 Å². The first-order valence-electron chi connectivity index (χ1n) is 11.2. The summed E-state index contributed by atoms with van der Waals surface area (Å²) in [5.41, 5.74) is 2.73. The monoisotopic (exact) mass is 434 g/mol. The van der Waals surface area contributed by atoms with Gasteiger partial charge in [-0.2, -0.15) is 5.10 Å². The molecule has 2 aromatic carbocycles. The number of hydrogen-bond donors (Lipinski definition) is 1. The number of benzene rings is 2. The van der Waals surface area contributed by atoms with Crippen LogP contribution in [0.25, 0.3) is 11.3 Å². The largest absolute Gasteiger partial charge is 0.490 e. The number of ether oxygens (including phenoxy) is 2. The fourth-order valence-electron chi connectivity index (χ4n) is 3.96. The van der Waals surface area contributed by atoms with Crippen LogP contribution in [0.5, 0.6) is 11.5 Å². The zero-order valence-corrected chi connectivity index (χ0v) is 18.7. The molecule has 0 saturated carbocycles. The first kappa shape index (κ1) is 21.7. The van der Waals surface area contributed by atoms with E-state index in [0.29, 0.717) is 43.4 Å². The van der Waals surface area contributed by atoms with Gasteiger partial charge in [0.25, 0.3) is 5.91 Å². The smallest absolute Gasteiger partial charge is 0.254 e. The molecule has 0 unspecified atom stereocenters. The average molecular weight is 435 g/mol. The molecule has 1 aromatic heterocycles. The molecule has 0 aliphatic carbocycles. The Morgan fingerprint density at radius 1 is 0.938 bits per heavy atom. The number of hydrogen-bond acceptors (Lipinski definition) is 5. The van der Waals surface area contributed by atoms with E-state index in [0.717, 1.165) is 36.6 Å². The molecule has 7 nitrogen and oxygen atoms in total. The number of aromatic amines is 1. The number of amides is 1. The number of nitrogens with one attached hydrogen (secondary N) is 1. The van der Waals surface area contributed by atoms with Crippen molar-refractivity contribution < 1.29 is 14.3 Å². The summed E-state index contributed by atoms with van der Waals surface area (Å²) in [6.07, 6.45) is 0.884. The standard InChI is InChI=1S/C25H30N4O3/c1-3-31-22-12-11-20(17-23(22)32-4-2)25(30)29-14-8-13-28(15-16-29)24-18-21(26-27-24)19-9-6-5-7-10-19/h5-7,9-12,17-18H,3-4,8,13-16H2,1-2H3,(H,26,27). The van der Waals surface area contributed by atoms with Gasteiger partial charge in [0, 0.05) is 37.8 Å². The summed E-state index contributed by atoms with van der Waals surface area (Å²) in [6.45, 7) is 7.87. The molecule has 1 N–H and O–H groups in total. The number of carbonyl (C=O) groups excluding carboxylic acids is 1. The predicted molar refractivity (Wildman–Crippen MR) is 126 cm³/mol. The summed E-state index contributed by atoms with van der Waals surface area (Å²) in [6, 6.07) is 17.7. The molecule has 1 aliphatic heterocycles. The predicted octanol–water partition coefficient (Wildman–Crippen LogP) is 4.23. The molecule has 168 valence electrons. The lowest BCUT2D eigenvalue weighted by Crippen LogP contribution is -2.35. The average Bonchev–Trinajstić information content (AvgIpc) is 3.19. The highest BCUT2D eigenvalue weighted by molar-refractivity contribution is 5.95. The van der Waals surface area contributed by atoms with Crippen molar-refractivity contribution in [1.29, 1.82) is 0 Å². The molecule has 1 amide bonds. The zero-order valence-electron chi connectivity index (χ0n) is 18.7. The van der Waals surface area contributed by atoms with Crippen LogP contribution in [-0.4, -0.2) is 60.4 Å². The van der Waals surface area contributed by atoms with Gasteiger partial charge in [-0.1, -0.05) is 30.3 Å². The third-order valence-corrected chi connectivity index (χ3v) is 5.55. The molecule has 32 heavy (non-hydrogen) atoms. The molecule has 1 fully saturated rings. The minimum absolute atomic E-state index is 0.0165. The van der Waals surface area contributed by atoms with Crippen molar-refractivity contribution in [2.75, 3.05) is 44.3 Å². The van der Waals surface area contributed by atoms with E-state index in [2.05, 4.69) is 33.3 Å². The molecule has 0 radical (unpaired) electrons. The van der Waals surface area contributed by atoms with E-state index in [1.807, 2.05) is 49.1 Å². The van der Waals surface area contributed by atoms with E-state index >= 15 is 0 Å². The maximum absolute atomic E-state index is 13.2. The molecule has 0 spiro atoms. The summed E-state index contributed by atoms with van der Waals surface area (Å²) in [4.78, 5) is 17.3. The fourth-order valence-corrected chi connectivity index (χ4v) is 3.96. The quantitative estimate of drug-likeness (QED) is 0.603. The van der Waals surface area contributed by atoms with E-state index in [4.69, 9.17) is 9.47 Å². The van der Waals surface area contributed by atoms with Crippen molar-refractivity contribution in [1.82, 2.24) is 15.1 Å². The minimum Gasteiger partial charge on any atom is -0.490 e. The molecule has 3 aromatic rings. The lowest BCUT2D eigenvalue weighted by atomic mass is 10.1. The Kier molecular flexibility index (Phi) is 6.94. The van der Waals surface area contributed by atoms with Crippen molar-refractivity contribution in [2.45, 2.75) is 20.3 Å². The van der Waals surface area contributed by atoms with Gasteiger partial charge >= 0.3 is 0 Å². The van der Waals surface area contributed by atoms with Crippen LogP contribution in [0.3, 0.4) is 0 Å². The van der Waals surface area contributed by atoms with E-state index < -0.39 is 0 Å². The Hall–Kier alpha value is -3.48. The number of aromatic nitrogens is 2. The highest BCUT2D eigenvalue weighted by Gasteiger charge is 2.23. The van der Waals surface area contributed by atoms with Crippen molar-refractivity contribution in [3.63, 3.8) is 0 Å². The summed E-state index contributed by atoms with van der Waals surface area (Å²) in [5.74, 6) is 2.21. The van der Waals surface area contributed by atoms with Gasteiger partial charge in [-0.25, -0.2) is 0 Å². The van der Waals surface area contributed by atoms with E-state index in [1.165, 1.54) is 0 Å². The highest BCUT2D eigenvalue weighted by atomic mass is 16.5. The Bertz CT molecular complexity index is 1030.